The van der Waals surface area contributed by atoms with Gasteiger partial charge in [0.25, 0.3) is 5.91 Å². The van der Waals surface area contributed by atoms with E-state index in [2.05, 4.69) is 27.0 Å². The fraction of sp³-hybridized carbons (Fsp3) is 0.469. The molecular formula is C32H38F3N5O5S. The number of carbonyl (C=O) groups excluding carboxylic acids is 2. The van der Waals surface area contributed by atoms with Gasteiger partial charge in [-0.3, -0.25) is 14.6 Å². The topological polar surface area (TPSA) is 112 Å². The average molecular weight is 662 g/mol. The van der Waals surface area contributed by atoms with E-state index in [0.717, 1.165) is 65.8 Å². The lowest BCUT2D eigenvalue weighted by Crippen LogP contribution is -2.50. The molecule has 2 saturated heterocycles. The second-order valence-electron chi connectivity index (χ2n) is 12.2. The number of aliphatic imine (C=N–C) groups is 1. The van der Waals surface area contributed by atoms with Crippen LogP contribution in [0.3, 0.4) is 0 Å². The van der Waals surface area contributed by atoms with Gasteiger partial charge < -0.3 is 19.9 Å². The van der Waals surface area contributed by atoms with E-state index in [0.29, 0.717) is 0 Å². The number of hydrogen-bond donors (Lipinski definition) is 1. The molecule has 0 unspecified atom stereocenters. The van der Waals surface area contributed by atoms with Crippen molar-refractivity contribution in [3.63, 3.8) is 0 Å². The minimum Gasteiger partial charge on any atom is -0.406 e. The van der Waals surface area contributed by atoms with Gasteiger partial charge in [0.15, 0.2) is 0 Å². The van der Waals surface area contributed by atoms with Crippen molar-refractivity contribution < 1.29 is 35.9 Å². The van der Waals surface area contributed by atoms with E-state index in [-0.39, 0.29) is 49.3 Å². The van der Waals surface area contributed by atoms with Crippen LogP contribution in [0.1, 0.15) is 54.9 Å². The van der Waals surface area contributed by atoms with Crippen molar-refractivity contribution in [3.05, 3.63) is 64.1 Å². The number of hydrogen-bond acceptors (Lipinski definition) is 7. The van der Waals surface area contributed by atoms with Gasteiger partial charge in [0.2, 0.25) is 15.9 Å². The largest absolute Gasteiger partial charge is 0.573 e. The highest BCUT2D eigenvalue weighted by molar-refractivity contribution is 7.92. The van der Waals surface area contributed by atoms with E-state index in [1.54, 1.807) is 13.0 Å². The molecule has 10 nitrogen and oxygen atoms in total. The molecule has 1 N–H and O–H groups in total. The van der Waals surface area contributed by atoms with E-state index in [4.69, 9.17) is 0 Å². The van der Waals surface area contributed by atoms with Crippen molar-refractivity contribution in [3.8, 4) is 5.75 Å². The first-order chi connectivity index (χ1) is 21.6. The van der Waals surface area contributed by atoms with Crippen LogP contribution in [0, 0.1) is 13.8 Å². The zero-order valence-corrected chi connectivity index (χ0v) is 27.0. The van der Waals surface area contributed by atoms with Gasteiger partial charge in [0, 0.05) is 42.7 Å². The number of nitrogens with zero attached hydrogens (tertiary/aromatic N) is 4. The summed E-state index contributed by atoms with van der Waals surface area (Å²) < 4.78 is 70.0. The number of rotatable bonds is 7. The number of alkyl halides is 3. The van der Waals surface area contributed by atoms with E-state index < -0.39 is 33.6 Å². The molecule has 0 radical (unpaired) electrons. The Morgan fingerprint density at radius 3 is 2.30 bits per heavy atom. The molecule has 2 amide bonds. The number of amidine groups is 1. The molecule has 2 fully saturated rings. The summed E-state index contributed by atoms with van der Waals surface area (Å²) in [4.78, 5) is 34.3. The first kappa shape index (κ1) is 33.6. The average Bonchev–Trinajstić information content (AvgIpc) is 3.28. The molecule has 46 heavy (non-hydrogen) atoms. The highest BCUT2D eigenvalue weighted by Crippen LogP contribution is 2.34. The molecular weight excluding hydrogens is 623 g/mol. The molecule has 5 rings (SSSR count). The molecule has 3 heterocycles. The van der Waals surface area contributed by atoms with E-state index in [1.807, 2.05) is 30.9 Å². The summed E-state index contributed by atoms with van der Waals surface area (Å²) in [6.07, 6.45) is -1.32. The fourth-order valence-electron chi connectivity index (χ4n) is 6.44. The summed E-state index contributed by atoms with van der Waals surface area (Å²) in [5.74, 6) is -0.784. The Balaban J connectivity index is 1.28. The lowest BCUT2D eigenvalue weighted by molar-refractivity contribution is -0.274. The number of benzene rings is 2. The van der Waals surface area contributed by atoms with Gasteiger partial charge in [-0.2, -0.15) is 4.31 Å². The van der Waals surface area contributed by atoms with Crippen molar-refractivity contribution >= 4 is 39.4 Å². The van der Waals surface area contributed by atoms with Crippen molar-refractivity contribution in [2.75, 3.05) is 38.1 Å². The number of sulfonamides is 1. The summed E-state index contributed by atoms with van der Waals surface area (Å²) in [5.41, 5.74) is 2.26. The zero-order chi connectivity index (χ0) is 33.4. The molecule has 0 atom stereocenters. The summed E-state index contributed by atoms with van der Waals surface area (Å²) in [5, 5.41) is 3.80. The van der Waals surface area contributed by atoms with E-state index >= 15 is 0 Å². The van der Waals surface area contributed by atoms with Crippen LogP contribution in [-0.2, 0) is 19.6 Å². The maximum atomic E-state index is 13.3. The van der Waals surface area contributed by atoms with Gasteiger partial charge in [-0.25, -0.2) is 8.42 Å². The number of nitrogens with one attached hydrogen (secondary N) is 1. The Morgan fingerprint density at radius 1 is 1.09 bits per heavy atom. The smallest absolute Gasteiger partial charge is 0.406 e. The quantitative estimate of drug-likeness (QED) is 0.472. The Bertz CT molecular complexity index is 1650. The molecule has 0 aromatic heterocycles. The Morgan fingerprint density at radius 2 is 1.72 bits per heavy atom. The molecule has 2 aromatic carbocycles. The predicted molar refractivity (Wildman–Crippen MR) is 169 cm³/mol. The van der Waals surface area contributed by atoms with Gasteiger partial charge in [0.05, 0.1) is 0 Å². The van der Waals surface area contributed by atoms with Crippen molar-refractivity contribution in [1.82, 2.24) is 14.5 Å². The first-order valence-corrected chi connectivity index (χ1v) is 16.6. The Labute approximate surface area is 266 Å². The fourth-order valence-corrected chi connectivity index (χ4v) is 7.61. The van der Waals surface area contributed by atoms with Crippen LogP contribution in [-0.4, -0.2) is 86.4 Å². The molecule has 14 heteroatoms. The SMILES string of the molecule is CC(=O)N(c1cc(C)c(/C=C/S(=O)(=O)N2CCC3(CC2)N=C(c2cccc(OC(F)(F)F)c2)NC3=O)c(C)c1)C1CCN(C)CC1. The minimum absolute atomic E-state index is 0.0292. The predicted octanol–water partition coefficient (Wildman–Crippen LogP) is 4.36. The molecule has 3 aliphatic heterocycles. The molecule has 2 aromatic rings. The number of aryl methyl sites for hydroxylation is 2. The monoisotopic (exact) mass is 661 g/mol. The molecule has 1 spiro atoms. The molecule has 0 aliphatic carbocycles. The lowest BCUT2D eigenvalue weighted by atomic mass is 9.89. The van der Waals surface area contributed by atoms with Crippen molar-refractivity contribution in [1.29, 1.82) is 0 Å². The summed E-state index contributed by atoms with van der Waals surface area (Å²) in [7, 11) is -1.78. The second-order valence-corrected chi connectivity index (χ2v) is 14.0. The van der Waals surface area contributed by atoms with Crippen LogP contribution in [0.25, 0.3) is 6.08 Å². The summed E-state index contributed by atoms with van der Waals surface area (Å²) >= 11 is 0. The van der Waals surface area contributed by atoms with Crippen LogP contribution in [0.4, 0.5) is 18.9 Å². The second kappa shape index (κ2) is 12.8. The lowest BCUT2D eigenvalue weighted by Gasteiger charge is -2.37. The van der Waals surface area contributed by atoms with Gasteiger partial charge >= 0.3 is 6.36 Å². The van der Waals surface area contributed by atoms with Crippen LogP contribution in [0.5, 0.6) is 5.75 Å². The number of piperidine rings is 2. The summed E-state index contributed by atoms with van der Waals surface area (Å²) in [6.45, 7) is 7.24. The summed E-state index contributed by atoms with van der Waals surface area (Å²) in [6, 6.07) is 9.10. The molecule has 0 saturated carbocycles. The number of ether oxygens (including phenoxy) is 1. The van der Waals surface area contributed by atoms with Crippen molar-refractivity contribution in [2.45, 2.75) is 64.4 Å². The van der Waals surface area contributed by atoms with Gasteiger partial charge in [-0.1, -0.05) is 12.1 Å². The van der Waals surface area contributed by atoms with Gasteiger partial charge in [-0.05, 0) is 107 Å². The van der Waals surface area contributed by atoms with Crippen LogP contribution >= 0.6 is 0 Å². The van der Waals surface area contributed by atoms with Crippen molar-refractivity contribution in [2.24, 2.45) is 4.99 Å². The number of carbonyl (C=O) groups is 2. The molecule has 248 valence electrons. The zero-order valence-electron chi connectivity index (χ0n) is 26.2. The number of halogens is 3. The maximum Gasteiger partial charge on any atom is 0.573 e. The van der Waals surface area contributed by atoms with E-state index in [1.165, 1.54) is 16.4 Å². The van der Waals surface area contributed by atoms with Crippen LogP contribution < -0.4 is 15.0 Å². The van der Waals surface area contributed by atoms with Crippen LogP contribution in [0.2, 0.25) is 0 Å². The molecule has 3 aliphatic rings. The minimum atomic E-state index is -4.86. The van der Waals surface area contributed by atoms with E-state index in [9.17, 15) is 31.2 Å². The van der Waals surface area contributed by atoms with Crippen LogP contribution in [0.15, 0.2) is 46.8 Å². The number of amides is 2. The number of anilines is 1. The molecule has 0 bridgehead atoms. The standard InChI is InChI=1S/C32H38F3N5O5S/c1-21-18-26(40(23(3)41)25-8-13-38(4)14-9-25)19-22(2)28(21)10-17-46(43,44)39-15-11-31(12-16-39)30(42)36-29(37-31)24-6-5-7-27(20-24)45-32(33,34)35/h5-7,10,17-20,25H,8-9,11-16H2,1-4H3,(H,36,37,42)/b17-10+. The third-order valence-electron chi connectivity index (χ3n) is 8.89. The Kier molecular flexibility index (Phi) is 9.35. The number of likely N-dealkylation sites (tertiary alicyclic amines) is 1. The Hall–Kier alpha value is -3.75. The highest BCUT2D eigenvalue weighted by Gasteiger charge is 2.47. The highest BCUT2D eigenvalue weighted by atomic mass is 32.2. The maximum absolute atomic E-state index is 13.3. The first-order valence-electron chi connectivity index (χ1n) is 15.1. The van der Waals surface area contributed by atoms with Gasteiger partial charge in [0.1, 0.15) is 17.1 Å². The third-order valence-corrected chi connectivity index (χ3v) is 10.5. The van der Waals surface area contributed by atoms with Gasteiger partial charge in [-0.15, -0.1) is 13.2 Å². The third kappa shape index (κ3) is 7.29. The normalized spacial score (nSPS) is 19.8.